The van der Waals surface area contributed by atoms with Gasteiger partial charge in [-0.25, -0.2) is 4.39 Å². The molecule has 0 bridgehead atoms. The summed E-state index contributed by atoms with van der Waals surface area (Å²) in [6, 6.07) is 13.6. The molecule has 28 heavy (non-hydrogen) atoms. The summed E-state index contributed by atoms with van der Waals surface area (Å²) in [7, 11) is 0. The second-order valence-electron chi connectivity index (χ2n) is 7.82. The average molecular weight is 379 g/mol. The van der Waals surface area contributed by atoms with E-state index >= 15 is 0 Å². The number of halogens is 1. The summed E-state index contributed by atoms with van der Waals surface area (Å²) >= 11 is 0. The number of piperidine rings is 1. The van der Waals surface area contributed by atoms with Gasteiger partial charge >= 0.3 is 5.97 Å². The van der Waals surface area contributed by atoms with Crippen LogP contribution in [-0.2, 0) is 17.6 Å². The zero-order valence-corrected chi connectivity index (χ0v) is 16.0. The predicted molar refractivity (Wildman–Crippen MR) is 109 cm³/mol. The number of carboxylic acid groups (broad SMARTS) is 1. The second kappa shape index (κ2) is 8.27. The van der Waals surface area contributed by atoms with E-state index in [1.165, 1.54) is 16.7 Å². The Kier molecular flexibility index (Phi) is 5.58. The van der Waals surface area contributed by atoms with Crippen molar-refractivity contribution in [3.8, 4) is 0 Å². The van der Waals surface area contributed by atoms with Crippen molar-refractivity contribution in [3.05, 3.63) is 76.6 Å². The van der Waals surface area contributed by atoms with Gasteiger partial charge in [-0.05, 0) is 85.2 Å². The third-order valence-corrected chi connectivity index (χ3v) is 6.06. The van der Waals surface area contributed by atoms with Gasteiger partial charge < -0.3 is 10.0 Å². The normalized spacial score (nSPS) is 19.1. The maximum atomic E-state index is 13.8. The van der Waals surface area contributed by atoms with Gasteiger partial charge in [0, 0.05) is 6.54 Å². The lowest BCUT2D eigenvalue weighted by Gasteiger charge is -2.29. The molecule has 146 valence electrons. The number of aryl methyl sites for hydroxylation is 2. The van der Waals surface area contributed by atoms with E-state index < -0.39 is 5.97 Å². The number of fused-ring (bicyclic) bond motifs is 2. The van der Waals surface area contributed by atoms with Gasteiger partial charge in [0.25, 0.3) is 0 Å². The summed E-state index contributed by atoms with van der Waals surface area (Å²) < 4.78 is 13.8. The van der Waals surface area contributed by atoms with Crippen LogP contribution in [0.4, 0.5) is 4.39 Å². The highest BCUT2D eigenvalue weighted by molar-refractivity contribution is 5.83. The molecule has 0 atom stereocenters. The maximum Gasteiger partial charge on any atom is 0.306 e. The van der Waals surface area contributed by atoms with Crippen LogP contribution in [0.25, 0.3) is 5.57 Å². The Balaban J connectivity index is 1.54. The van der Waals surface area contributed by atoms with Crippen molar-refractivity contribution in [2.75, 3.05) is 19.6 Å². The third kappa shape index (κ3) is 4.02. The Bertz CT molecular complexity index is 897. The monoisotopic (exact) mass is 379 g/mol. The Morgan fingerprint density at radius 3 is 2.57 bits per heavy atom. The quantitative estimate of drug-likeness (QED) is 0.848. The summed E-state index contributed by atoms with van der Waals surface area (Å²) in [6.07, 6.45) is 6.42. The minimum atomic E-state index is -0.666. The van der Waals surface area contributed by atoms with Crippen molar-refractivity contribution in [2.24, 2.45) is 5.92 Å². The highest BCUT2D eigenvalue weighted by Gasteiger charge is 2.24. The Morgan fingerprint density at radius 1 is 1.07 bits per heavy atom. The fourth-order valence-corrected chi connectivity index (χ4v) is 4.46. The highest BCUT2D eigenvalue weighted by atomic mass is 19.1. The van der Waals surface area contributed by atoms with Crippen LogP contribution in [0.1, 0.15) is 41.5 Å². The molecule has 0 spiro atoms. The minimum Gasteiger partial charge on any atom is -0.481 e. The van der Waals surface area contributed by atoms with Crippen LogP contribution in [0.3, 0.4) is 0 Å². The largest absolute Gasteiger partial charge is 0.481 e. The number of hydrogen-bond acceptors (Lipinski definition) is 2. The van der Waals surface area contributed by atoms with Crippen molar-refractivity contribution in [1.82, 2.24) is 4.90 Å². The summed E-state index contributed by atoms with van der Waals surface area (Å²) in [5.74, 6) is -1.03. The summed E-state index contributed by atoms with van der Waals surface area (Å²) in [5, 5.41) is 9.15. The van der Waals surface area contributed by atoms with Crippen LogP contribution in [0, 0.1) is 11.7 Å². The van der Waals surface area contributed by atoms with E-state index in [-0.39, 0.29) is 11.7 Å². The molecule has 0 radical (unpaired) electrons. The number of rotatable bonds is 4. The molecule has 2 aromatic rings. The molecule has 3 nitrogen and oxygen atoms in total. The van der Waals surface area contributed by atoms with E-state index in [4.69, 9.17) is 5.11 Å². The van der Waals surface area contributed by atoms with Crippen LogP contribution < -0.4 is 0 Å². The molecule has 1 aliphatic heterocycles. The zero-order chi connectivity index (χ0) is 19.5. The minimum absolute atomic E-state index is 0.176. The van der Waals surface area contributed by atoms with E-state index in [1.807, 2.05) is 6.07 Å². The van der Waals surface area contributed by atoms with Gasteiger partial charge in [-0.15, -0.1) is 0 Å². The van der Waals surface area contributed by atoms with Crippen LogP contribution >= 0.6 is 0 Å². The first-order valence-corrected chi connectivity index (χ1v) is 10.1. The van der Waals surface area contributed by atoms with Gasteiger partial charge in [-0.2, -0.15) is 0 Å². The number of hydrogen-bond donors (Lipinski definition) is 1. The average Bonchev–Trinajstić information content (AvgIpc) is 2.85. The smallest absolute Gasteiger partial charge is 0.306 e. The van der Waals surface area contributed by atoms with Crippen molar-refractivity contribution < 1.29 is 14.3 Å². The molecule has 1 heterocycles. The Hall–Kier alpha value is -2.46. The highest BCUT2D eigenvalue weighted by Crippen LogP contribution is 2.34. The lowest BCUT2D eigenvalue weighted by atomic mass is 9.93. The molecule has 0 amide bonds. The molecule has 1 saturated heterocycles. The van der Waals surface area contributed by atoms with Crippen molar-refractivity contribution in [1.29, 1.82) is 0 Å². The molecule has 0 aromatic heterocycles. The van der Waals surface area contributed by atoms with Crippen LogP contribution in [-0.4, -0.2) is 35.6 Å². The van der Waals surface area contributed by atoms with Crippen molar-refractivity contribution in [2.45, 2.75) is 32.1 Å². The molecule has 4 heteroatoms. The SMILES string of the molecule is O=C(O)C1CCN(CC/C=C2/c3ccccc3CCc3cc(F)ccc32)CC1. The maximum absolute atomic E-state index is 13.8. The number of nitrogens with zero attached hydrogens (tertiary/aromatic N) is 1. The molecule has 2 aliphatic rings. The van der Waals surface area contributed by atoms with Gasteiger partial charge in [0.1, 0.15) is 5.82 Å². The number of benzene rings is 2. The number of carboxylic acids is 1. The Labute approximate surface area is 165 Å². The summed E-state index contributed by atoms with van der Waals surface area (Å²) in [5.41, 5.74) is 5.97. The van der Waals surface area contributed by atoms with Gasteiger partial charge in [0.05, 0.1) is 5.92 Å². The summed E-state index contributed by atoms with van der Waals surface area (Å²) in [4.78, 5) is 13.5. The summed E-state index contributed by atoms with van der Waals surface area (Å²) in [6.45, 7) is 2.62. The number of aliphatic carboxylic acids is 1. The molecule has 0 unspecified atom stereocenters. The molecular formula is C24H26FNO2. The van der Waals surface area contributed by atoms with Crippen LogP contribution in [0.5, 0.6) is 0 Å². The molecule has 4 rings (SSSR count). The third-order valence-electron chi connectivity index (χ3n) is 6.06. The lowest BCUT2D eigenvalue weighted by Crippen LogP contribution is -2.36. The fraction of sp³-hybridized carbons (Fsp3) is 0.375. The first-order valence-electron chi connectivity index (χ1n) is 10.1. The Morgan fingerprint density at radius 2 is 1.79 bits per heavy atom. The van der Waals surface area contributed by atoms with E-state index in [1.54, 1.807) is 12.1 Å². The zero-order valence-electron chi connectivity index (χ0n) is 16.0. The molecule has 1 fully saturated rings. The molecule has 0 saturated carbocycles. The molecule has 1 N–H and O–H groups in total. The lowest BCUT2D eigenvalue weighted by molar-refractivity contribution is -0.143. The van der Waals surface area contributed by atoms with Gasteiger partial charge in [0.15, 0.2) is 0 Å². The first kappa shape index (κ1) is 18.9. The van der Waals surface area contributed by atoms with Crippen LogP contribution in [0.15, 0.2) is 48.5 Å². The van der Waals surface area contributed by atoms with E-state index in [0.717, 1.165) is 62.9 Å². The molecular weight excluding hydrogens is 353 g/mol. The topological polar surface area (TPSA) is 40.5 Å². The predicted octanol–water partition coefficient (Wildman–Crippen LogP) is 4.54. The first-order chi connectivity index (χ1) is 13.6. The fourth-order valence-electron chi connectivity index (χ4n) is 4.46. The second-order valence-corrected chi connectivity index (χ2v) is 7.82. The standard InChI is InChI=1S/C24H26FNO2/c25-20-9-10-22-19(16-20)8-7-17-4-1-2-5-21(17)23(22)6-3-13-26-14-11-18(12-15-26)24(27)28/h1-2,4-6,9-10,16,18H,3,7-8,11-15H2,(H,27,28)/b23-6-. The van der Waals surface area contributed by atoms with Gasteiger partial charge in [-0.1, -0.05) is 36.4 Å². The van der Waals surface area contributed by atoms with E-state index in [9.17, 15) is 9.18 Å². The van der Waals surface area contributed by atoms with Crippen molar-refractivity contribution >= 4 is 11.5 Å². The van der Waals surface area contributed by atoms with Gasteiger partial charge in [0.2, 0.25) is 0 Å². The van der Waals surface area contributed by atoms with E-state index in [0.29, 0.717) is 0 Å². The van der Waals surface area contributed by atoms with Gasteiger partial charge in [-0.3, -0.25) is 4.79 Å². The van der Waals surface area contributed by atoms with Crippen molar-refractivity contribution in [3.63, 3.8) is 0 Å². The number of carbonyl (C=O) groups is 1. The van der Waals surface area contributed by atoms with E-state index in [2.05, 4.69) is 35.2 Å². The molecule has 2 aromatic carbocycles. The van der Waals surface area contributed by atoms with Crippen LogP contribution in [0.2, 0.25) is 0 Å². The molecule has 1 aliphatic carbocycles. The number of likely N-dealkylation sites (tertiary alicyclic amines) is 1.